The summed E-state index contributed by atoms with van der Waals surface area (Å²) in [6, 6.07) is 9.26. The van der Waals surface area contributed by atoms with Crippen LogP contribution in [-0.4, -0.2) is 61.7 Å². The van der Waals surface area contributed by atoms with Gasteiger partial charge in [-0.1, -0.05) is 32.0 Å². The molecule has 31 heavy (non-hydrogen) atoms. The van der Waals surface area contributed by atoms with Crippen LogP contribution in [0.25, 0.3) is 0 Å². The van der Waals surface area contributed by atoms with Gasteiger partial charge in [-0.25, -0.2) is 4.79 Å². The van der Waals surface area contributed by atoms with E-state index in [1.807, 2.05) is 63.1 Å². The van der Waals surface area contributed by atoms with E-state index in [1.165, 1.54) is 0 Å². The maximum Gasteiger partial charge on any atom is 0.407 e. The minimum absolute atomic E-state index is 0. The number of carbonyl (C=O) groups excluding carboxylic acids is 2. The molecule has 3 N–H and O–H groups in total. The van der Waals surface area contributed by atoms with Gasteiger partial charge >= 0.3 is 6.09 Å². The van der Waals surface area contributed by atoms with E-state index >= 15 is 0 Å². The van der Waals surface area contributed by atoms with Crippen LogP contribution in [0.4, 0.5) is 10.5 Å². The second-order valence-corrected chi connectivity index (χ2v) is 8.52. The molecule has 0 bridgehead atoms. The van der Waals surface area contributed by atoms with E-state index in [9.17, 15) is 9.59 Å². The summed E-state index contributed by atoms with van der Waals surface area (Å²) in [5.41, 5.74) is 0.218. The fraction of sp³-hybridized carbons (Fsp3) is 0.591. The van der Waals surface area contributed by atoms with E-state index in [1.54, 1.807) is 7.05 Å². The van der Waals surface area contributed by atoms with Gasteiger partial charge in [0, 0.05) is 32.4 Å². The summed E-state index contributed by atoms with van der Waals surface area (Å²) in [6.45, 7) is 10.4. The molecule has 1 aromatic carbocycles. The fourth-order valence-electron chi connectivity index (χ4n) is 2.74. The third-order valence-electron chi connectivity index (χ3n) is 4.32. The standard InChI is InChI=1S/C22H37N5O3.HI/c1-16(2)18(26-21(29)30-22(3,4)5)13-14-27(7)20(23-6)24-15-19(28)25-17-11-9-8-10-12-17;/h8-12,16,18H,13-15H2,1-7H3,(H,23,24)(H,25,28)(H,26,29);1H. The van der Waals surface area contributed by atoms with Crippen molar-refractivity contribution in [3.05, 3.63) is 30.3 Å². The number of benzene rings is 1. The monoisotopic (exact) mass is 547 g/mol. The maximum atomic E-state index is 12.1. The number of aliphatic imine (C=N–C) groups is 1. The molecule has 1 atom stereocenters. The lowest BCUT2D eigenvalue weighted by molar-refractivity contribution is -0.115. The Bertz CT molecular complexity index is 705. The molecule has 9 heteroatoms. The van der Waals surface area contributed by atoms with Gasteiger partial charge in [0.15, 0.2) is 5.96 Å². The third-order valence-corrected chi connectivity index (χ3v) is 4.32. The highest BCUT2D eigenvalue weighted by Gasteiger charge is 2.22. The van der Waals surface area contributed by atoms with E-state index in [0.29, 0.717) is 18.9 Å². The molecule has 0 aromatic heterocycles. The minimum Gasteiger partial charge on any atom is -0.444 e. The number of carbonyl (C=O) groups is 2. The predicted octanol–water partition coefficient (Wildman–Crippen LogP) is 3.69. The molecule has 0 aliphatic carbocycles. The summed E-state index contributed by atoms with van der Waals surface area (Å²) in [6.07, 6.45) is 0.300. The number of alkyl carbamates (subject to hydrolysis) is 1. The molecule has 1 aromatic rings. The summed E-state index contributed by atoms with van der Waals surface area (Å²) in [7, 11) is 3.57. The lowest BCUT2D eigenvalue weighted by Gasteiger charge is -2.28. The molecular weight excluding hydrogens is 509 g/mol. The van der Waals surface area contributed by atoms with Gasteiger partial charge in [0.1, 0.15) is 5.60 Å². The number of amides is 2. The average molecular weight is 547 g/mol. The molecule has 2 amide bonds. The van der Waals surface area contributed by atoms with E-state index < -0.39 is 11.7 Å². The van der Waals surface area contributed by atoms with E-state index in [0.717, 1.165) is 5.69 Å². The molecule has 0 saturated carbocycles. The molecule has 0 aliphatic heterocycles. The number of anilines is 1. The number of nitrogens with zero attached hydrogens (tertiary/aromatic N) is 2. The van der Waals surface area contributed by atoms with Gasteiger partial charge in [-0.15, -0.1) is 24.0 Å². The number of nitrogens with one attached hydrogen (secondary N) is 3. The van der Waals surface area contributed by atoms with Crippen molar-refractivity contribution in [1.82, 2.24) is 15.5 Å². The first-order valence-corrected chi connectivity index (χ1v) is 10.3. The highest BCUT2D eigenvalue weighted by molar-refractivity contribution is 14.0. The molecule has 1 unspecified atom stereocenters. The number of hydrogen-bond donors (Lipinski definition) is 3. The molecule has 8 nitrogen and oxygen atoms in total. The highest BCUT2D eigenvalue weighted by atomic mass is 127. The van der Waals surface area contributed by atoms with Gasteiger partial charge in [-0.05, 0) is 45.2 Å². The Morgan fingerprint density at radius 3 is 2.29 bits per heavy atom. The van der Waals surface area contributed by atoms with Gasteiger partial charge < -0.3 is 25.6 Å². The molecule has 0 spiro atoms. The number of para-hydroxylation sites is 1. The number of rotatable bonds is 8. The predicted molar refractivity (Wildman–Crippen MR) is 137 cm³/mol. The first kappa shape index (κ1) is 29.0. The van der Waals surface area contributed by atoms with Crippen LogP contribution in [0.5, 0.6) is 0 Å². The Morgan fingerprint density at radius 2 is 1.77 bits per heavy atom. The molecule has 176 valence electrons. The molecule has 0 radical (unpaired) electrons. The third kappa shape index (κ3) is 12.4. The van der Waals surface area contributed by atoms with Crippen LogP contribution in [0, 0.1) is 5.92 Å². The zero-order chi connectivity index (χ0) is 22.7. The van der Waals surface area contributed by atoms with Gasteiger partial charge in [-0.2, -0.15) is 0 Å². The van der Waals surface area contributed by atoms with Crippen molar-refractivity contribution >= 4 is 47.6 Å². The zero-order valence-corrected chi connectivity index (χ0v) is 22.0. The minimum atomic E-state index is -0.533. The van der Waals surface area contributed by atoms with E-state index in [4.69, 9.17) is 4.74 Å². The maximum absolute atomic E-state index is 12.1. The second kappa shape index (κ2) is 14.1. The van der Waals surface area contributed by atoms with Gasteiger partial charge in [-0.3, -0.25) is 9.79 Å². The largest absolute Gasteiger partial charge is 0.444 e. The summed E-state index contributed by atoms with van der Waals surface area (Å²) < 4.78 is 5.36. The van der Waals surface area contributed by atoms with Gasteiger partial charge in [0.05, 0.1) is 6.54 Å². The van der Waals surface area contributed by atoms with E-state index in [2.05, 4.69) is 34.8 Å². The summed E-state index contributed by atoms with van der Waals surface area (Å²) in [5.74, 6) is 0.706. The summed E-state index contributed by atoms with van der Waals surface area (Å²) in [5, 5.41) is 8.85. The van der Waals surface area contributed by atoms with Crippen molar-refractivity contribution in [3.8, 4) is 0 Å². The van der Waals surface area contributed by atoms with Crippen LogP contribution in [0.2, 0.25) is 0 Å². The Hall–Kier alpha value is -2.04. The molecule has 0 aliphatic rings. The van der Waals surface area contributed by atoms with Crippen molar-refractivity contribution in [2.75, 3.05) is 32.5 Å². The Labute approximate surface area is 203 Å². The Morgan fingerprint density at radius 1 is 1.16 bits per heavy atom. The smallest absolute Gasteiger partial charge is 0.407 e. The first-order chi connectivity index (χ1) is 14.0. The van der Waals surface area contributed by atoms with Gasteiger partial charge in [0.2, 0.25) is 5.91 Å². The second-order valence-electron chi connectivity index (χ2n) is 8.52. The van der Waals surface area contributed by atoms with Crippen LogP contribution in [0.1, 0.15) is 41.0 Å². The van der Waals surface area contributed by atoms with Crippen LogP contribution in [-0.2, 0) is 9.53 Å². The van der Waals surface area contributed by atoms with Crippen molar-refractivity contribution in [2.24, 2.45) is 10.9 Å². The van der Waals surface area contributed by atoms with Crippen molar-refractivity contribution in [1.29, 1.82) is 0 Å². The summed E-state index contributed by atoms with van der Waals surface area (Å²) in [4.78, 5) is 30.4. The number of hydrogen-bond acceptors (Lipinski definition) is 4. The number of guanidine groups is 1. The van der Waals surface area contributed by atoms with Gasteiger partial charge in [0.25, 0.3) is 0 Å². The van der Waals surface area contributed by atoms with Crippen molar-refractivity contribution < 1.29 is 14.3 Å². The van der Waals surface area contributed by atoms with Crippen LogP contribution >= 0.6 is 24.0 Å². The molecule has 0 heterocycles. The fourth-order valence-corrected chi connectivity index (χ4v) is 2.74. The molecule has 1 rings (SSSR count). The van der Waals surface area contributed by atoms with Crippen molar-refractivity contribution in [2.45, 2.75) is 52.7 Å². The molecule has 0 saturated heterocycles. The van der Waals surface area contributed by atoms with Crippen LogP contribution < -0.4 is 16.0 Å². The quantitative estimate of drug-likeness (QED) is 0.262. The zero-order valence-electron chi connectivity index (χ0n) is 19.7. The topological polar surface area (TPSA) is 95.1 Å². The number of ether oxygens (including phenoxy) is 1. The SMILES string of the molecule is CN=C(NCC(=O)Nc1ccccc1)N(C)CCC(NC(=O)OC(C)(C)C)C(C)C.I. The van der Waals surface area contributed by atoms with E-state index in [-0.39, 0.29) is 48.4 Å². The van der Waals surface area contributed by atoms with Crippen LogP contribution in [0.15, 0.2) is 35.3 Å². The lowest BCUT2D eigenvalue weighted by Crippen LogP contribution is -2.46. The molecule has 0 fully saturated rings. The Balaban J connectivity index is 0.00000900. The van der Waals surface area contributed by atoms with Crippen LogP contribution in [0.3, 0.4) is 0 Å². The normalized spacial score (nSPS) is 12.5. The number of halogens is 1. The first-order valence-electron chi connectivity index (χ1n) is 10.3. The van der Waals surface area contributed by atoms with Crippen molar-refractivity contribution in [3.63, 3.8) is 0 Å². The average Bonchev–Trinajstić information content (AvgIpc) is 2.64. The Kier molecular flexibility index (Phi) is 13.2. The molecular formula is C22H38IN5O3. The highest BCUT2D eigenvalue weighted by Crippen LogP contribution is 2.11. The lowest BCUT2D eigenvalue weighted by atomic mass is 10.0. The summed E-state index contributed by atoms with van der Waals surface area (Å²) >= 11 is 0.